The molecule has 0 aliphatic carbocycles. The number of benzene rings is 1. The Morgan fingerprint density at radius 2 is 2.00 bits per heavy atom. The molecule has 4 nitrogen and oxygen atoms in total. The van der Waals surface area contributed by atoms with Crippen LogP contribution in [0.5, 0.6) is 0 Å². The molecule has 0 aromatic heterocycles. The van der Waals surface area contributed by atoms with E-state index in [0.717, 1.165) is 44.3 Å². The van der Waals surface area contributed by atoms with Gasteiger partial charge < -0.3 is 4.74 Å². The van der Waals surface area contributed by atoms with Gasteiger partial charge in [-0.05, 0) is 51.2 Å². The summed E-state index contributed by atoms with van der Waals surface area (Å²) in [6, 6.07) is 6.70. The number of unbranched alkanes of at least 4 members (excludes halogenated alkanes) is 1. The first-order chi connectivity index (χ1) is 9.58. The molecule has 1 aromatic rings. The zero-order chi connectivity index (χ0) is 14.4. The van der Waals surface area contributed by atoms with Crippen LogP contribution in [0.1, 0.15) is 37.7 Å². The van der Waals surface area contributed by atoms with E-state index in [9.17, 15) is 8.42 Å². The Kier molecular flexibility index (Phi) is 5.57. The van der Waals surface area contributed by atoms with E-state index in [1.807, 2.05) is 6.92 Å². The third-order valence-corrected chi connectivity index (χ3v) is 4.82. The molecule has 1 aliphatic rings. The van der Waals surface area contributed by atoms with Gasteiger partial charge in [-0.3, -0.25) is 4.18 Å². The van der Waals surface area contributed by atoms with Gasteiger partial charge in [0.05, 0.1) is 17.6 Å². The Bertz CT molecular complexity index is 501. The lowest BCUT2D eigenvalue weighted by Gasteiger charge is -2.09. The predicted octanol–water partition coefficient (Wildman–Crippen LogP) is 3.05. The Labute approximate surface area is 121 Å². The number of aryl methyl sites for hydroxylation is 1. The van der Waals surface area contributed by atoms with Crippen molar-refractivity contribution in [2.75, 3.05) is 13.2 Å². The zero-order valence-corrected chi connectivity index (χ0v) is 12.7. The van der Waals surface area contributed by atoms with Gasteiger partial charge in [-0.1, -0.05) is 17.7 Å². The van der Waals surface area contributed by atoms with Crippen LogP contribution in [0.4, 0.5) is 0 Å². The van der Waals surface area contributed by atoms with Gasteiger partial charge in [-0.25, -0.2) is 0 Å². The lowest BCUT2D eigenvalue weighted by atomic mass is 10.1. The van der Waals surface area contributed by atoms with Gasteiger partial charge in [0, 0.05) is 6.61 Å². The van der Waals surface area contributed by atoms with Crippen molar-refractivity contribution in [1.82, 2.24) is 0 Å². The quantitative estimate of drug-likeness (QED) is 0.573. The molecule has 0 N–H and O–H groups in total. The van der Waals surface area contributed by atoms with Crippen molar-refractivity contribution in [1.29, 1.82) is 0 Å². The van der Waals surface area contributed by atoms with Crippen molar-refractivity contribution >= 4 is 10.1 Å². The average molecular weight is 298 g/mol. The molecule has 1 fully saturated rings. The first-order valence-electron chi connectivity index (χ1n) is 7.16. The summed E-state index contributed by atoms with van der Waals surface area (Å²) in [5.74, 6) is 0. The molecule has 1 aliphatic heterocycles. The molecule has 1 unspecified atom stereocenters. The van der Waals surface area contributed by atoms with Crippen LogP contribution >= 0.6 is 0 Å². The monoisotopic (exact) mass is 298 g/mol. The first kappa shape index (κ1) is 15.5. The third kappa shape index (κ3) is 4.58. The minimum Gasteiger partial charge on any atom is -0.378 e. The van der Waals surface area contributed by atoms with Gasteiger partial charge in [-0.2, -0.15) is 8.42 Å². The molecule has 0 saturated carbocycles. The largest absolute Gasteiger partial charge is 0.378 e. The second-order valence-electron chi connectivity index (χ2n) is 5.22. The van der Waals surface area contributed by atoms with Crippen LogP contribution < -0.4 is 0 Å². The van der Waals surface area contributed by atoms with Crippen LogP contribution in [0.2, 0.25) is 0 Å². The fraction of sp³-hybridized carbons (Fsp3) is 0.600. The topological polar surface area (TPSA) is 52.6 Å². The minimum absolute atomic E-state index is 0.224. The molecular weight excluding hydrogens is 276 g/mol. The van der Waals surface area contributed by atoms with Crippen molar-refractivity contribution in [2.24, 2.45) is 0 Å². The predicted molar refractivity (Wildman–Crippen MR) is 77.1 cm³/mol. The Morgan fingerprint density at radius 3 is 2.65 bits per heavy atom. The summed E-state index contributed by atoms with van der Waals surface area (Å²) in [7, 11) is -3.61. The summed E-state index contributed by atoms with van der Waals surface area (Å²) in [6.07, 6.45) is 5.31. The molecule has 112 valence electrons. The molecular formula is C15H22O4S. The maximum Gasteiger partial charge on any atom is 0.296 e. The van der Waals surface area contributed by atoms with Crippen LogP contribution in [-0.2, 0) is 19.0 Å². The highest BCUT2D eigenvalue weighted by atomic mass is 32.2. The highest BCUT2D eigenvalue weighted by Crippen LogP contribution is 2.18. The van der Waals surface area contributed by atoms with E-state index < -0.39 is 10.1 Å². The second kappa shape index (κ2) is 7.20. The molecule has 0 spiro atoms. The number of rotatable bonds is 7. The summed E-state index contributed by atoms with van der Waals surface area (Å²) in [5, 5.41) is 0. The fourth-order valence-electron chi connectivity index (χ4n) is 2.29. The second-order valence-corrected chi connectivity index (χ2v) is 6.84. The maximum absolute atomic E-state index is 11.9. The Morgan fingerprint density at radius 1 is 1.25 bits per heavy atom. The standard InChI is InChI=1S/C15H22O4S/c1-13-7-9-15(10-8-13)20(16,17)19-12-3-2-5-14-6-4-11-18-14/h7-10,14H,2-6,11-12H2,1H3. The fourth-order valence-corrected chi connectivity index (χ4v) is 3.23. The molecule has 1 atom stereocenters. The molecule has 0 amide bonds. The van der Waals surface area contributed by atoms with Crippen LogP contribution in [0.25, 0.3) is 0 Å². The third-order valence-electron chi connectivity index (χ3n) is 3.49. The SMILES string of the molecule is Cc1ccc(S(=O)(=O)OCCCCC2CCCO2)cc1. The van der Waals surface area contributed by atoms with Crippen LogP contribution in [-0.4, -0.2) is 27.7 Å². The van der Waals surface area contributed by atoms with Gasteiger partial charge in [0.1, 0.15) is 0 Å². The van der Waals surface area contributed by atoms with Gasteiger partial charge in [0.15, 0.2) is 0 Å². The molecule has 0 radical (unpaired) electrons. The van der Waals surface area contributed by atoms with Gasteiger partial charge >= 0.3 is 0 Å². The summed E-state index contributed by atoms with van der Waals surface area (Å²) >= 11 is 0. The number of hydrogen-bond donors (Lipinski definition) is 0. The summed E-state index contributed by atoms with van der Waals surface area (Å²) in [4.78, 5) is 0.224. The Hall–Kier alpha value is -0.910. The van der Waals surface area contributed by atoms with E-state index in [1.165, 1.54) is 0 Å². The van der Waals surface area contributed by atoms with Gasteiger partial charge in [0.2, 0.25) is 0 Å². The van der Waals surface area contributed by atoms with Crippen molar-refractivity contribution < 1.29 is 17.3 Å². The Balaban J connectivity index is 1.71. The minimum atomic E-state index is -3.61. The summed E-state index contributed by atoms with van der Waals surface area (Å²) in [5.41, 5.74) is 1.03. The van der Waals surface area contributed by atoms with Crippen molar-refractivity contribution in [2.45, 2.75) is 50.0 Å². The van der Waals surface area contributed by atoms with Crippen LogP contribution in [0, 0.1) is 6.92 Å². The van der Waals surface area contributed by atoms with E-state index in [-0.39, 0.29) is 11.5 Å². The molecule has 1 heterocycles. The van der Waals surface area contributed by atoms with Crippen molar-refractivity contribution in [3.8, 4) is 0 Å². The molecule has 1 aromatic carbocycles. The maximum atomic E-state index is 11.9. The molecule has 5 heteroatoms. The summed E-state index contributed by atoms with van der Waals surface area (Å²) in [6.45, 7) is 3.02. The first-order valence-corrected chi connectivity index (χ1v) is 8.56. The van der Waals surface area contributed by atoms with E-state index >= 15 is 0 Å². The van der Waals surface area contributed by atoms with E-state index in [1.54, 1.807) is 24.3 Å². The van der Waals surface area contributed by atoms with E-state index in [4.69, 9.17) is 8.92 Å². The smallest absolute Gasteiger partial charge is 0.296 e. The van der Waals surface area contributed by atoms with Crippen LogP contribution in [0.15, 0.2) is 29.2 Å². The highest BCUT2D eigenvalue weighted by Gasteiger charge is 2.16. The van der Waals surface area contributed by atoms with Crippen LogP contribution in [0.3, 0.4) is 0 Å². The van der Waals surface area contributed by atoms with Crippen molar-refractivity contribution in [3.05, 3.63) is 29.8 Å². The normalized spacial score (nSPS) is 19.4. The van der Waals surface area contributed by atoms with E-state index in [0.29, 0.717) is 6.10 Å². The summed E-state index contributed by atoms with van der Waals surface area (Å²) < 4.78 is 34.4. The van der Waals surface area contributed by atoms with Gasteiger partial charge in [0.25, 0.3) is 10.1 Å². The molecule has 1 saturated heterocycles. The zero-order valence-electron chi connectivity index (χ0n) is 11.9. The van der Waals surface area contributed by atoms with Crippen molar-refractivity contribution in [3.63, 3.8) is 0 Å². The lowest BCUT2D eigenvalue weighted by molar-refractivity contribution is 0.101. The number of hydrogen-bond acceptors (Lipinski definition) is 4. The molecule has 2 rings (SSSR count). The van der Waals surface area contributed by atoms with E-state index in [2.05, 4.69) is 0 Å². The number of ether oxygens (including phenoxy) is 1. The average Bonchev–Trinajstić information content (AvgIpc) is 2.92. The molecule has 20 heavy (non-hydrogen) atoms. The van der Waals surface area contributed by atoms with Gasteiger partial charge in [-0.15, -0.1) is 0 Å². The molecule has 0 bridgehead atoms. The highest BCUT2D eigenvalue weighted by molar-refractivity contribution is 7.86. The lowest BCUT2D eigenvalue weighted by Crippen LogP contribution is -2.09.